The van der Waals surface area contributed by atoms with Crippen LogP contribution in [0.2, 0.25) is 0 Å². The third-order valence-electron chi connectivity index (χ3n) is 5.84. The van der Waals surface area contributed by atoms with Gasteiger partial charge >= 0.3 is 0 Å². The summed E-state index contributed by atoms with van der Waals surface area (Å²) in [4.78, 5) is 9.17. The minimum atomic E-state index is 0.454. The fraction of sp³-hybridized carbons (Fsp3) is 0.261. The summed E-state index contributed by atoms with van der Waals surface area (Å²) in [5.41, 5.74) is 11.2. The number of benzene rings is 1. The van der Waals surface area contributed by atoms with E-state index in [0.717, 1.165) is 59.3 Å². The van der Waals surface area contributed by atoms with Gasteiger partial charge in [0.15, 0.2) is 0 Å². The van der Waals surface area contributed by atoms with Crippen molar-refractivity contribution in [2.24, 2.45) is 0 Å². The molecule has 3 aromatic heterocycles. The Hall–Kier alpha value is -3.25. The minimum absolute atomic E-state index is 0.454. The minimum Gasteiger partial charge on any atom is -0.383 e. The molecule has 4 aromatic rings. The van der Waals surface area contributed by atoms with E-state index in [1.165, 1.54) is 5.39 Å². The van der Waals surface area contributed by atoms with Crippen molar-refractivity contribution in [1.82, 2.24) is 25.1 Å². The van der Waals surface area contributed by atoms with E-state index >= 15 is 0 Å². The first-order valence-electron chi connectivity index (χ1n) is 10.1. The van der Waals surface area contributed by atoms with Crippen molar-refractivity contribution in [2.75, 3.05) is 18.8 Å². The number of nitrogens with one attached hydrogen (secondary N) is 1. The zero-order chi connectivity index (χ0) is 19.8. The van der Waals surface area contributed by atoms with Crippen LogP contribution in [0, 0.1) is 6.92 Å². The van der Waals surface area contributed by atoms with Gasteiger partial charge in [-0.3, -0.25) is 9.67 Å². The molecule has 6 heteroatoms. The van der Waals surface area contributed by atoms with Crippen LogP contribution in [-0.2, 0) is 0 Å². The van der Waals surface area contributed by atoms with Crippen molar-refractivity contribution >= 4 is 16.6 Å². The van der Waals surface area contributed by atoms with E-state index in [4.69, 9.17) is 10.7 Å². The lowest BCUT2D eigenvalue weighted by Crippen LogP contribution is -2.29. The fourth-order valence-electron chi connectivity index (χ4n) is 4.16. The molecule has 0 radical (unpaired) electrons. The molecular formula is C23H24N6. The number of nitrogens with zero attached hydrogens (tertiary/aromatic N) is 4. The first kappa shape index (κ1) is 17.8. The van der Waals surface area contributed by atoms with Gasteiger partial charge in [0.2, 0.25) is 0 Å². The fourth-order valence-corrected chi connectivity index (χ4v) is 4.16. The summed E-state index contributed by atoms with van der Waals surface area (Å²) in [5, 5.41) is 10.3. The number of nitrogens with two attached hydrogens (primary N) is 1. The summed E-state index contributed by atoms with van der Waals surface area (Å²) in [6, 6.07) is 10.8. The van der Waals surface area contributed by atoms with Crippen LogP contribution in [0.3, 0.4) is 0 Å². The number of pyridine rings is 2. The molecule has 0 amide bonds. The SMILES string of the molecule is Cc1c(-c2cc(-c3cnn(C4CCNCC4)c3)cnc2N)ncc2ccccc12. The number of hydrogen-bond donors (Lipinski definition) is 2. The van der Waals surface area contributed by atoms with Gasteiger partial charge in [0, 0.05) is 40.7 Å². The Morgan fingerprint density at radius 3 is 2.72 bits per heavy atom. The first-order chi connectivity index (χ1) is 14.2. The summed E-state index contributed by atoms with van der Waals surface area (Å²) in [5.74, 6) is 0.491. The molecule has 1 aliphatic heterocycles. The maximum absolute atomic E-state index is 6.26. The largest absolute Gasteiger partial charge is 0.383 e. The average Bonchev–Trinajstić information content (AvgIpc) is 3.26. The van der Waals surface area contributed by atoms with Gasteiger partial charge in [-0.05, 0) is 49.9 Å². The third-order valence-corrected chi connectivity index (χ3v) is 5.84. The number of aryl methyl sites for hydroxylation is 1. The van der Waals surface area contributed by atoms with Gasteiger partial charge in [-0.1, -0.05) is 24.3 Å². The van der Waals surface area contributed by atoms with E-state index in [0.29, 0.717) is 11.9 Å². The lowest BCUT2D eigenvalue weighted by atomic mass is 9.99. The molecule has 6 nitrogen and oxygen atoms in total. The topological polar surface area (TPSA) is 81.7 Å². The van der Waals surface area contributed by atoms with Gasteiger partial charge < -0.3 is 11.1 Å². The summed E-state index contributed by atoms with van der Waals surface area (Å²) >= 11 is 0. The normalized spacial score (nSPS) is 15.1. The van der Waals surface area contributed by atoms with Gasteiger partial charge in [0.25, 0.3) is 0 Å². The molecule has 0 unspecified atom stereocenters. The van der Waals surface area contributed by atoms with Gasteiger partial charge in [-0.2, -0.15) is 5.10 Å². The highest BCUT2D eigenvalue weighted by atomic mass is 15.3. The monoisotopic (exact) mass is 384 g/mol. The number of anilines is 1. The van der Waals surface area contributed by atoms with E-state index in [9.17, 15) is 0 Å². The van der Waals surface area contributed by atoms with Gasteiger partial charge in [-0.25, -0.2) is 4.98 Å². The average molecular weight is 384 g/mol. The lowest BCUT2D eigenvalue weighted by molar-refractivity contribution is 0.343. The number of piperidine rings is 1. The molecule has 4 heterocycles. The predicted octanol–water partition coefficient (Wildman–Crippen LogP) is 3.98. The molecule has 29 heavy (non-hydrogen) atoms. The molecule has 0 aliphatic carbocycles. The highest BCUT2D eigenvalue weighted by molar-refractivity contribution is 5.91. The molecule has 0 spiro atoms. The molecular weight excluding hydrogens is 360 g/mol. The standard InChI is InChI=1S/C23H24N6/c1-15-20-5-3-2-4-16(20)11-26-22(15)21-10-17(12-27-23(21)24)18-13-28-29(14-18)19-6-8-25-9-7-19/h2-5,10-14,19,25H,6-9H2,1H3,(H2,24,27). The van der Waals surface area contributed by atoms with Crippen LogP contribution >= 0.6 is 0 Å². The third kappa shape index (κ3) is 3.25. The van der Waals surface area contributed by atoms with Crippen LogP contribution in [0.15, 0.2) is 55.1 Å². The zero-order valence-electron chi connectivity index (χ0n) is 16.5. The van der Waals surface area contributed by atoms with Gasteiger partial charge in [0.05, 0.1) is 17.9 Å². The Morgan fingerprint density at radius 2 is 1.86 bits per heavy atom. The Labute approximate surface area is 169 Å². The zero-order valence-corrected chi connectivity index (χ0v) is 16.5. The van der Waals surface area contributed by atoms with E-state index in [-0.39, 0.29) is 0 Å². The molecule has 5 rings (SSSR count). The number of rotatable bonds is 3. The molecule has 1 aliphatic rings. The highest BCUT2D eigenvalue weighted by Gasteiger charge is 2.17. The molecule has 1 fully saturated rings. The molecule has 0 saturated carbocycles. The van der Waals surface area contributed by atoms with Crippen molar-refractivity contribution in [3.8, 4) is 22.4 Å². The van der Waals surface area contributed by atoms with Crippen molar-refractivity contribution < 1.29 is 0 Å². The second-order valence-electron chi connectivity index (χ2n) is 7.67. The van der Waals surface area contributed by atoms with Crippen LogP contribution in [0.5, 0.6) is 0 Å². The van der Waals surface area contributed by atoms with E-state index in [1.54, 1.807) is 0 Å². The number of nitrogen functional groups attached to an aromatic ring is 1. The molecule has 146 valence electrons. The first-order valence-corrected chi connectivity index (χ1v) is 10.1. The van der Waals surface area contributed by atoms with Crippen LogP contribution in [0.1, 0.15) is 24.4 Å². The Kier molecular flexibility index (Phi) is 4.48. The summed E-state index contributed by atoms with van der Waals surface area (Å²) in [6.07, 6.45) is 9.96. The van der Waals surface area contributed by atoms with E-state index in [2.05, 4.69) is 51.4 Å². The number of aromatic nitrogens is 4. The van der Waals surface area contributed by atoms with Gasteiger partial charge in [0.1, 0.15) is 5.82 Å². The van der Waals surface area contributed by atoms with Crippen molar-refractivity contribution in [3.05, 3.63) is 60.7 Å². The Balaban J connectivity index is 1.55. The summed E-state index contributed by atoms with van der Waals surface area (Å²) in [6.45, 7) is 4.17. The maximum Gasteiger partial charge on any atom is 0.132 e. The molecule has 3 N–H and O–H groups in total. The molecule has 0 bridgehead atoms. The van der Waals surface area contributed by atoms with E-state index in [1.807, 2.05) is 30.7 Å². The predicted molar refractivity (Wildman–Crippen MR) is 116 cm³/mol. The summed E-state index contributed by atoms with van der Waals surface area (Å²) in [7, 11) is 0. The summed E-state index contributed by atoms with van der Waals surface area (Å²) < 4.78 is 2.09. The van der Waals surface area contributed by atoms with Gasteiger partial charge in [-0.15, -0.1) is 0 Å². The lowest BCUT2D eigenvalue weighted by Gasteiger charge is -2.22. The Morgan fingerprint density at radius 1 is 1.03 bits per heavy atom. The molecule has 1 saturated heterocycles. The second kappa shape index (κ2) is 7.29. The molecule has 1 aromatic carbocycles. The number of hydrogen-bond acceptors (Lipinski definition) is 5. The van der Waals surface area contributed by atoms with Crippen molar-refractivity contribution in [2.45, 2.75) is 25.8 Å². The molecule has 0 atom stereocenters. The highest BCUT2D eigenvalue weighted by Crippen LogP contribution is 2.33. The van der Waals surface area contributed by atoms with Crippen LogP contribution in [0.25, 0.3) is 33.2 Å². The second-order valence-corrected chi connectivity index (χ2v) is 7.67. The van der Waals surface area contributed by atoms with Crippen molar-refractivity contribution in [1.29, 1.82) is 0 Å². The van der Waals surface area contributed by atoms with Crippen LogP contribution in [-0.4, -0.2) is 32.8 Å². The van der Waals surface area contributed by atoms with Crippen LogP contribution < -0.4 is 11.1 Å². The maximum atomic E-state index is 6.26. The number of fused-ring (bicyclic) bond motifs is 1. The Bertz CT molecular complexity index is 1170. The van der Waals surface area contributed by atoms with Crippen LogP contribution in [0.4, 0.5) is 5.82 Å². The van der Waals surface area contributed by atoms with Crippen molar-refractivity contribution in [3.63, 3.8) is 0 Å². The smallest absolute Gasteiger partial charge is 0.132 e. The quantitative estimate of drug-likeness (QED) is 0.558. The van der Waals surface area contributed by atoms with E-state index < -0.39 is 0 Å².